The van der Waals surface area contributed by atoms with Crippen LogP contribution in [0.2, 0.25) is 0 Å². The Hall–Kier alpha value is -1.00. The Bertz CT molecular complexity index is 381. The van der Waals surface area contributed by atoms with Gasteiger partial charge in [-0.1, -0.05) is 51.1 Å². The standard InChI is InChI=1S/C15H24N2OS/c1-4-19-14(11(2)3)15(18)17-10-13(16)12-8-6-5-7-9-12/h5-9,11,13-14H,4,10,16H2,1-3H3,(H,17,18). The summed E-state index contributed by atoms with van der Waals surface area (Å²) in [5, 5.41) is 2.97. The van der Waals surface area contributed by atoms with Crippen LogP contribution in [0.25, 0.3) is 0 Å². The summed E-state index contributed by atoms with van der Waals surface area (Å²) in [6, 6.07) is 9.70. The predicted molar refractivity (Wildman–Crippen MR) is 83.1 cm³/mol. The van der Waals surface area contributed by atoms with Crippen LogP contribution in [0.5, 0.6) is 0 Å². The molecule has 3 nitrogen and oxygen atoms in total. The molecule has 0 saturated carbocycles. The van der Waals surface area contributed by atoms with Crippen LogP contribution >= 0.6 is 11.8 Å². The van der Waals surface area contributed by atoms with E-state index in [1.807, 2.05) is 30.3 Å². The summed E-state index contributed by atoms with van der Waals surface area (Å²) in [4.78, 5) is 12.1. The van der Waals surface area contributed by atoms with E-state index in [2.05, 4.69) is 26.1 Å². The van der Waals surface area contributed by atoms with Gasteiger partial charge in [-0.2, -0.15) is 0 Å². The van der Waals surface area contributed by atoms with Crippen molar-refractivity contribution in [3.63, 3.8) is 0 Å². The third kappa shape index (κ3) is 5.25. The first-order chi connectivity index (χ1) is 9.06. The van der Waals surface area contributed by atoms with Crippen molar-refractivity contribution in [3.8, 4) is 0 Å². The van der Waals surface area contributed by atoms with E-state index in [4.69, 9.17) is 5.73 Å². The molecule has 2 atom stereocenters. The lowest BCUT2D eigenvalue weighted by Gasteiger charge is -2.20. The number of amides is 1. The van der Waals surface area contributed by atoms with Gasteiger partial charge in [0.25, 0.3) is 0 Å². The number of nitrogens with one attached hydrogen (secondary N) is 1. The van der Waals surface area contributed by atoms with Gasteiger partial charge in [-0.25, -0.2) is 0 Å². The minimum Gasteiger partial charge on any atom is -0.353 e. The SMILES string of the molecule is CCSC(C(=O)NCC(N)c1ccccc1)C(C)C. The van der Waals surface area contributed by atoms with Crippen LogP contribution in [-0.4, -0.2) is 23.5 Å². The van der Waals surface area contributed by atoms with E-state index in [0.717, 1.165) is 11.3 Å². The van der Waals surface area contributed by atoms with Crippen LogP contribution in [0.4, 0.5) is 0 Å². The molecule has 0 aromatic heterocycles. The van der Waals surface area contributed by atoms with Gasteiger partial charge in [-0.05, 0) is 17.2 Å². The Kier molecular flexibility index (Phi) is 6.95. The summed E-state index contributed by atoms with van der Waals surface area (Å²) in [6.07, 6.45) is 0. The number of hydrogen-bond acceptors (Lipinski definition) is 3. The Morgan fingerprint density at radius 2 is 1.95 bits per heavy atom. The minimum absolute atomic E-state index is 0.00738. The molecule has 1 aromatic rings. The minimum atomic E-state index is -0.149. The number of thioether (sulfide) groups is 1. The lowest BCUT2D eigenvalue weighted by atomic mass is 10.1. The second kappa shape index (κ2) is 8.23. The zero-order valence-electron chi connectivity index (χ0n) is 11.9. The maximum absolute atomic E-state index is 12.1. The number of carbonyl (C=O) groups is 1. The van der Waals surface area contributed by atoms with Gasteiger partial charge in [-0.15, -0.1) is 11.8 Å². The molecule has 3 N–H and O–H groups in total. The van der Waals surface area contributed by atoms with Crippen molar-refractivity contribution < 1.29 is 4.79 Å². The van der Waals surface area contributed by atoms with Crippen LogP contribution in [0.1, 0.15) is 32.4 Å². The maximum atomic E-state index is 12.1. The van der Waals surface area contributed by atoms with Crippen molar-refractivity contribution in [3.05, 3.63) is 35.9 Å². The van der Waals surface area contributed by atoms with Crippen LogP contribution in [0.3, 0.4) is 0 Å². The molecule has 1 aromatic carbocycles. The highest BCUT2D eigenvalue weighted by Crippen LogP contribution is 2.19. The highest BCUT2D eigenvalue weighted by molar-refractivity contribution is 8.00. The molecule has 0 aliphatic carbocycles. The molecule has 19 heavy (non-hydrogen) atoms. The number of hydrogen-bond donors (Lipinski definition) is 2. The summed E-state index contributed by atoms with van der Waals surface area (Å²) < 4.78 is 0. The van der Waals surface area contributed by atoms with Gasteiger partial charge in [0.15, 0.2) is 0 Å². The summed E-state index contributed by atoms with van der Waals surface area (Å²) in [7, 11) is 0. The molecule has 0 fully saturated rings. The fourth-order valence-corrected chi connectivity index (χ4v) is 2.86. The van der Waals surface area contributed by atoms with Crippen molar-refractivity contribution in [1.82, 2.24) is 5.32 Å². The van der Waals surface area contributed by atoms with E-state index in [1.165, 1.54) is 0 Å². The Balaban J connectivity index is 2.49. The summed E-state index contributed by atoms with van der Waals surface area (Å²) in [5.41, 5.74) is 7.12. The van der Waals surface area contributed by atoms with Gasteiger partial charge in [0.1, 0.15) is 0 Å². The van der Waals surface area contributed by atoms with Gasteiger partial charge >= 0.3 is 0 Å². The molecule has 4 heteroatoms. The van der Waals surface area contributed by atoms with Crippen LogP contribution in [0.15, 0.2) is 30.3 Å². The lowest BCUT2D eigenvalue weighted by Crippen LogP contribution is -2.39. The summed E-state index contributed by atoms with van der Waals surface area (Å²) in [6.45, 7) is 6.70. The van der Waals surface area contributed by atoms with Crippen molar-refractivity contribution in [2.24, 2.45) is 11.7 Å². The zero-order chi connectivity index (χ0) is 14.3. The quantitative estimate of drug-likeness (QED) is 0.807. The fourth-order valence-electron chi connectivity index (χ4n) is 1.88. The van der Waals surface area contributed by atoms with Gasteiger partial charge < -0.3 is 11.1 Å². The third-order valence-electron chi connectivity index (χ3n) is 2.93. The zero-order valence-corrected chi connectivity index (χ0v) is 12.7. The maximum Gasteiger partial charge on any atom is 0.233 e. The third-order valence-corrected chi connectivity index (χ3v) is 4.38. The number of benzene rings is 1. The molecule has 1 amide bonds. The largest absolute Gasteiger partial charge is 0.353 e. The first kappa shape index (κ1) is 16.1. The molecular formula is C15H24N2OS. The molecule has 0 radical (unpaired) electrons. The van der Waals surface area contributed by atoms with Crippen molar-refractivity contribution >= 4 is 17.7 Å². The Morgan fingerprint density at radius 1 is 1.32 bits per heavy atom. The van der Waals surface area contributed by atoms with E-state index in [9.17, 15) is 4.79 Å². The first-order valence-electron chi connectivity index (χ1n) is 6.76. The van der Waals surface area contributed by atoms with Crippen molar-refractivity contribution in [2.45, 2.75) is 32.1 Å². The van der Waals surface area contributed by atoms with E-state index in [0.29, 0.717) is 12.5 Å². The Labute approximate surface area is 120 Å². The molecule has 0 heterocycles. The first-order valence-corrected chi connectivity index (χ1v) is 7.81. The molecular weight excluding hydrogens is 256 g/mol. The Morgan fingerprint density at radius 3 is 2.47 bits per heavy atom. The van der Waals surface area contributed by atoms with E-state index in [1.54, 1.807) is 11.8 Å². The van der Waals surface area contributed by atoms with Crippen LogP contribution in [-0.2, 0) is 4.79 Å². The average molecular weight is 280 g/mol. The molecule has 2 unspecified atom stereocenters. The fraction of sp³-hybridized carbons (Fsp3) is 0.533. The van der Waals surface area contributed by atoms with E-state index >= 15 is 0 Å². The molecule has 0 aliphatic heterocycles. The van der Waals surface area contributed by atoms with Crippen molar-refractivity contribution in [1.29, 1.82) is 0 Å². The van der Waals surface area contributed by atoms with Gasteiger partial charge in [0.05, 0.1) is 5.25 Å². The summed E-state index contributed by atoms with van der Waals surface area (Å²) >= 11 is 1.69. The molecule has 106 valence electrons. The average Bonchev–Trinajstić information content (AvgIpc) is 2.42. The number of nitrogens with two attached hydrogens (primary N) is 1. The topological polar surface area (TPSA) is 55.1 Å². The normalized spacial score (nSPS) is 14.2. The van der Waals surface area contributed by atoms with Crippen LogP contribution < -0.4 is 11.1 Å². The molecule has 1 rings (SSSR count). The monoisotopic (exact) mass is 280 g/mol. The van der Waals surface area contributed by atoms with Crippen LogP contribution in [0, 0.1) is 5.92 Å². The molecule has 0 bridgehead atoms. The highest BCUT2D eigenvalue weighted by Gasteiger charge is 2.22. The van der Waals surface area contributed by atoms with Gasteiger partial charge in [-0.3, -0.25) is 4.79 Å². The molecule has 0 spiro atoms. The van der Waals surface area contributed by atoms with E-state index in [-0.39, 0.29) is 17.2 Å². The number of carbonyl (C=O) groups excluding carboxylic acids is 1. The lowest BCUT2D eigenvalue weighted by molar-refractivity contribution is -0.121. The molecule has 0 aliphatic rings. The van der Waals surface area contributed by atoms with E-state index < -0.39 is 0 Å². The smallest absolute Gasteiger partial charge is 0.233 e. The second-order valence-corrected chi connectivity index (χ2v) is 6.30. The second-order valence-electron chi connectivity index (χ2n) is 4.88. The predicted octanol–water partition coefficient (Wildman–Crippen LogP) is 2.58. The highest BCUT2D eigenvalue weighted by atomic mass is 32.2. The van der Waals surface area contributed by atoms with Crippen molar-refractivity contribution in [2.75, 3.05) is 12.3 Å². The molecule has 0 saturated heterocycles. The number of rotatable bonds is 7. The van der Waals surface area contributed by atoms with Gasteiger partial charge in [0.2, 0.25) is 5.91 Å². The summed E-state index contributed by atoms with van der Waals surface area (Å²) in [5.74, 6) is 1.37. The van der Waals surface area contributed by atoms with Gasteiger partial charge in [0, 0.05) is 12.6 Å².